The van der Waals surface area contributed by atoms with E-state index in [1.165, 1.54) is 16.7 Å². The summed E-state index contributed by atoms with van der Waals surface area (Å²) in [6.45, 7) is 2.01. The lowest BCUT2D eigenvalue weighted by Crippen LogP contribution is -2.10. The summed E-state index contributed by atoms with van der Waals surface area (Å²) >= 11 is 0. The van der Waals surface area contributed by atoms with Gasteiger partial charge in [-0.05, 0) is 49.7 Å². The zero-order chi connectivity index (χ0) is 15.8. The number of nitrogens with one attached hydrogen (secondary N) is 1. The Morgan fingerprint density at radius 3 is 2.64 bits per heavy atom. The van der Waals surface area contributed by atoms with Gasteiger partial charge in [0.1, 0.15) is 11.0 Å². The Balaban J connectivity index is 0.000000160. The molecule has 1 aliphatic rings. The summed E-state index contributed by atoms with van der Waals surface area (Å²) in [6, 6.07) is 9.66. The highest BCUT2D eigenvalue weighted by molar-refractivity contribution is 7.83. The number of fused-ring (bicyclic) bond motifs is 1. The molecule has 0 saturated heterocycles. The molecule has 0 aliphatic heterocycles. The maximum absolute atomic E-state index is 11.1. The Kier molecular flexibility index (Phi) is 6.25. The smallest absolute Gasteiger partial charge is 0.124 e. The van der Waals surface area contributed by atoms with Crippen molar-refractivity contribution in [2.45, 2.75) is 18.2 Å². The van der Waals surface area contributed by atoms with Crippen molar-refractivity contribution in [2.75, 3.05) is 7.05 Å². The molecule has 3 rings (SSSR count). The number of hydrogen-bond donors (Lipinski definition) is 1. The molecule has 0 fully saturated rings. The molecule has 1 aromatic carbocycles. The number of nitrogens with zero attached hydrogens (tertiary/aromatic N) is 1. The van der Waals surface area contributed by atoms with E-state index in [9.17, 15) is 4.21 Å². The van der Waals surface area contributed by atoms with E-state index in [-0.39, 0.29) is 0 Å². The van der Waals surface area contributed by atoms with Crippen molar-refractivity contribution in [3.63, 3.8) is 0 Å². The van der Waals surface area contributed by atoms with Gasteiger partial charge < -0.3 is 0 Å². The SMILES string of the molecule is C1=CCc2cnccc2C=C1.CNS(=O)c1ccc(C)cc1. The number of hydrogen-bond acceptors (Lipinski definition) is 2. The van der Waals surface area contributed by atoms with E-state index in [2.05, 4.69) is 34.0 Å². The summed E-state index contributed by atoms with van der Waals surface area (Å²) in [4.78, 5) is 4.89. The van der Waals surface area contributed by atoms with Crippen molar-refractivity contribution in [1.82, 2.24) is 9.71 Å². The second kappa shape index (κ2) is 8.41. The van der Waals surface area contributed by atoms with Gasteiger partial charge in [0.25, 0.3) is 0 Å². The summed E-state index contributed by atoms with van der Waals surface area (Å²) in [5, 5.41) is 0. The lowest BCUT2D eigenvalue weighted by molar-refractivity contribution is 0.678. The summed E-state index contributed by atoms with van der Waals surface area (Å²) < 4.78 is 13.8. The molecule has 0 amide bonds. The van der Waals surface area contributed by atoms with Crippen LogP contribution in [0.2, 0.25) is 0 Å². The first-order valence-corrected chi connectivity index (χ1v) is 8.27. The van der Waals surface area contributed by atoms with E-state index in [0.717, 1.165) is 11.3 Å². The van der Waals surface area contributed by atoms with Gasteiger partial charge in [0, 0.05) is 12.4 Å². The second-order valence-electron chi connectivity index (χ2n) is 4.85. The third-order valence-electron chi connectivity index (χ3n) is 3.22. The molecule has 0 spiro atoms. The number of rotatable bonds is 2. The molecule has 0 saturated carbocycles. The van der Waals surface area contributed by atoms with Gasteiger partial charge >= 0.3 is 0 Å². The Bertz CT molecular complexity index is 690. The molecule has 1 heterocycles. The Morgan fingerprint density at radius 1 is 1.14 bits per heavy atom. The van der Waals surface area contributed by atoms with Gasteiger partial charge in [0.2, 0.25) is 0 Å². The van der Waals surface area contributed by atoms with Crippen molar-refractivity contribution in [1.29, 1.82) is 0 Å². The van der Waals surface area contributed by atoms with Crippen LogP contribution in [-0.2, 0) is 17.4 Å². The number of aromatic nitrogens is 1. The summed E-state index contributed by atoms with van der Waals surface area (Å²) in [5.74, 6) is 0. The van der Waals surface area contributed by atoms with Gasteiger partial charge in [0.15, 0.2) is 0 Å². The van der Waals surface area contributed by atoms with Gasteiger partial charge in [-0.15, -0.1) is 0 Å². The molecule has 1 atom stereocenters. The molecular formula is C18H20N2OS. The molecule has 0 bridgehead atoms. The number of pyridine rings is 1. The minimum absolute atomic E-state index is 0.818. The first-order valence-electron chi connectivity index (χ1n) is 7.12. The Labute approximate surface area is 134 Å². The Hall–Kier alpha value is -2.04. The van der Waals surface area contributed by atoms with Crippen LogP contribution >= 0.6 is 0 Å². The van der Waals surface area contributed by atoms with Crippen LogP contribution in [0, 0.1) is 6.92 Å². The fourth-order valence-corrected chi connectivity index (χ4v) is 2.60. The minimum Gasteiger partial charge on any atom is -0.264 e. The molecule has 1 N–H and O–H groups in total. The highest BCUT2D eigenvalue weighted by Gasteiger charge is 1.98. The second-order valence-corrected chi connectivity index (χ2v) is 6.27. The van der Waals surface area contributed by atoms with Crippen LogP contribution in [0.1, 0.15) is 16.7 Å². The molecule has 114 valence electrons. The molecule has 1 aliphatic carbocycles. The van der Waals surface area contributed by atoms with Gasteiger partial charge in [0.05, 0.1) is 4.90 Å². The molecule has 3 nitrogen and oxygen atoms in total. The van der Waals surface area contributed by atoms with Crippen molar-refractivity contribution in [3.8, 4) is 0 Å². The number of allylic oxidation sites excluding steroid dienone is 3. The molecule has 22 heavy (non-hydrogen) atoms. The normalized spacial score (nSPS) is 13.5. The van der Waals surface area contributed by atoms with Crippen LogP contribution in [0.25, 0.3) is 6.08 Å². The van der Waals surface area contributed by atoms with Crippen molar-refractivity contribution >= 4 is 17.1 Å². The van der Waals surface area contributed by atoms with E-state index < -0.39 is 11.0 Å². The fourth-order valence-electron chi connectivity index (χ4n) is 1.98. The van der Waals surface area contributed by atoms with Crippen LogP contribution in [0.5, 0.6) is 0 Å². The van der Waals surface area contributed by atoms with E-state index in [1.54, 1.807) is 7.05 Å². The lowest BCUT2D eigenvalue weighted by Gasteiger charge is -1.98. The predicted octanol–water partition coefficient (Wildman–Crippen LogP) is 3.44. The molecule has 0 radical (unpaired) electrons. The highest BCUT2D eigenvalue weighted by atomic mass is 32.2. The van der Waals surface area contributed by atoms with Gasteiger partial charge in [-0.25, -0.2) is 8.93 Å². The van der Waals surface area contributed by atoms with E-state index >= 15 is 0 Å². The van der Waals surface area contributed by atoms with Gasteiger partial charge in [-0.2, -0.15) is 0 Å². The average Bonchev–Trinajstić information content (AvgIpc) is 2.81. The van der Waals surface area contributed by atoms with E-state index in [1.807, 2.05) is 49.6 Å². The number of benzene rings is 1. The van der Waals surface area contributed by atoms with Crippen LogP contribution in [-0.4, -0.2) is 16.2 Å². The zero-order valence-corrected chi connectivity index (χ0v) is 13.6. The predicted molar refractivity (Wildman–Crippen MR) is 92.8 cm³/mol. The van der Waals surface area contributed by atoms with Crippen LogP contribution in [0.4, 0.5) is 0 Å². The molecular weight excluding hydrogens is 292 g/mol. The molecule has 1 unspecified atom stereocenters. The van der Waals surface area contributed by atoms with Crippen LogP contribution in [0.15, 0.2) is 65.8 Å². The standard InChI is InChI=1S/C10H9N.C8H11NOS/c1-2-4-9-6-7-11-8-10(9)5-3-1;1-7-3-5-8(6-4-7)11(10)9-2/h1-4,6-8H,5H2;3-6,9H,1-2H3. The van der Waals surface area contributed by atoms with Crippen LogP contribution < -0.4 is 4.72 Å². The third-order valence-corrected chi connectivity index (χ3v) is 4.29. The quantitative estimate of drug-likeness (QED) is 0.923. The zero-order valence-electron chi connectivity index (χ0n) is 12.8. The van der Waals surface area contributed by atoms with E-state index in [4.69, 9.17) is 0 Å². The molecule has 4 heteroatoms. The van der Waals surface area contributed by atoms with Gasteiger partial charge in [-0.1, -0.05) is 42.0 Å². The fraction of sp³-hybridized carbons (Fsp3) is 0.167. The first kappa shape index (κ1) is 16.3. The topological polar surface area (TPSA) is 42.0 Å². The van der Waals surface area contributed by atoms with Crippen LogP contribution in [0.3, 0.4) is 0 Å². The summed E-state index contributed by atoms with van der Waals surface area (Å²) in [7, 11) is 0.628. The van der Waals surface area contributed by atoms with Crippen molar-refractivity contribution in [3.05, 3.63) is 77.6 Å². The van der Waals surface area contributed by atoms with Gasteiger partial charge in [-0.3, -0.25) is 4.98 Å². The summed E-state index contributed by atoms with van der Waals surface area (Å²) in [6.07, 6.45) is 13.1. The maximum atomic E-state index is 11.1. The lowest BCUT2D eigenvalue weighted by atomic mass is 10.1. The highest BCUT2D eigenvalue weighted by Crippen LogP contribution is 2.12. The minimum atomic E-state index is -1.05. The first-order chi connectivity index (χ1) is 10.7. The largest absolute Gasteiger partial charge is 0.264 e. The van der Waals surface area contributed by atoms with E-state index in [0.29, 0.717) is 0 Å². The molecule has 1 aromatic heterocycles. The summed E-state index contributed by atoms with van der Waals surface area (Å²) in [5.41, 5.74) is 3.77. The average molecular weight is 312 g/mol. The maximum Gasteiger partial charge on any atom is 0.124 e. The Morgan fingerprint density at radius 2 is 1.91 bits per heavy atom. The van der Waals surface area contributed by atoms with Crippen molar-refractivity contribution in [2.24, 2.45) is 0 Å². The third kappa shape index (κ3) is 4.76. The number of aryl methyl sites for hydroxylation is 1. The van der Waals surface area contributed by atoms with Crippen molar-refractivity contribution < 1.29 is 4.21 Å². The monoisotopic (exact) mass is 312 g/mol. The molecule has 2 aromatic rings.